The Morgan fingerprint density at radius 3 is 2.50 bits per heavy atom. The fourth-order valence-corrected chi connectivity index (χ4v) is 1.10. The minimum absolute atomic E-state index is 0.325. The van der Waals surface area contributed by atoms with Crippen molar-refractivity contribution in [3.63, 3.8) is 0 Å². The van der Waals surface area contributed by atoms with Crippen LogP contribution in [0.4, 0.5) is 23.2 Å². The Labute approximate surface area is 92.4 Å². The van der Waals surface area contributed by atoms with E-state index in [9.17, 15) is 17.6 Å². The van der Waals surface area contributed by atoms with Gasteiger partial charge < -0.3 is 15.6 Å². The summed E-state index contributed by atoms with van der Waals surface area (Å²) in [5.74, 6) is -3.14. The van der Waals surface area contributed by atoms with Gasteiger partial charge in [-0.2, -0.15) is 13.2 Å². The number of hydrogen-bond acceptors (Lipinski definition) is 3. The molecular weight excluding hydrogens is 254 g/mol. The summed E-state index contributed by atoms with van der Waals surface area (Å²) in [6, 6.07) is 0.679. The van der Waals surface area contributed by atoms with Crippen LogP contribution in [0.5, 0.6) is 11.5 Å². The molecule has 8 heteroatoms. The molecule has 16 heavy (non-hydrogen) atoms. The number of phenols is 1. The quantitative estimate of drug-likeness (QED) is 0.488. The van der Waals surface area contributed by atoms with Crippen LogP contribution < -0.4 is 10.5 Å². The maximum absolute atomic E-state index is 12.9. The van der Waals surface area contributed by atoms with E-state index in [1.165, 1.54) is 0 Å². The molecule has 0 aliphatic heterocycles. The molecule has 1 rings (SSSR count). The topological polar surface area (TPSA) is 55.5 Å². The van der Waals surface area contributed by atoms with Crippen molar-refractivity contribution in [3.05, 3.63) is 16.9 Å². The molecule has 0 aliphatic carbocycles. The molecule has 0 saturated carbocycles. The van der Waals surface area contributed by atoms with Crippen LogP contribution in [-0.4, -0.2) is 17.9 Å². The van der Waals surface area contributed by atoms with Crippen molar-refractivity contribution < 1.29 is 27.4 Å². The number of hydrogen-bond donors (Lipinski definition) is 2. The Morgan fingerprint density at radius 1 is 1.44 bits per heavy atom. The van der Waals surface area contributed by atoms with Crippen molar-refractivity contribution in [2.45, 2.75) is 6.18 Å². The number of alkyl halides is 3. The molecule has 0 atom stereocenters. The van der Waals surface area contributed by atoms with Gasteiger partial charge in [-0.3, -0.25) is 0 Å². The lowest BCUT2D eigenvalue weighted by Crippen LogP contribution is -2.19. The number of benzene rings is 1. The molecule has 0 aromatic heterocycles. The van der Waals surface area contributed by atoms with E-state index in [2.05, 4.69) is 4.74 Å². The number of rotatable bonds is 2. The summed E-state index contributed by atoms with van der Waals surface area (Å²) >= 11 is 5.46. The Morgan fingerprint density at radius 2 is 2.00 bits per heavy atom. The highest BCUT2D eigenvalue weighted by Gasteiger charge is 2.30. The van der Waals surface area contributed by atoms with E-state index in [1.807, 2.05) is 0 Å². The molecule has 0 saturated heterocycles. The molecule has 0 unspecified atom stereocenters. The third-order valence-electron chi connectivity index (χ3n) is 1.56. The van der Waals surface area contributed by atoms with Crippen LogP contribution >= 0.6 is 11.6 Å². The molecule has 0 aliphatic rings. The molecule has 1 aromatic rings. The number of phenolic OH excluding ortho intramolecular Hbond substituents is 1. The minimum atomic E-state index is -4.63. The summed E-state index contributed by atoms with van der Waals surface area (Å²) in [6.45, 7) is -1.71. The first-order valence-electron chi connectivity index (χ1n) is 3.88. The van der Waals surface area contributed by atoms with E-state index in [0.29, 0.717) is 6.07 Å². The van der Waals surface area contributed by atoms with Crippen molar-refractivity contribution in [1.82, 2.24) is 0 Å². The highest BCUT2D eigenvalue weighted by atomic mass is 35.5. The monoisotopic (exact) mass is 259 g/mol. The normalized spacial score (nSPS) is 11.6. The van der Waals surface area contributed by atoms with Gasteiger partial charge in [0.2, 0.25) is 0 Å². The van der Waals surface area contributed by atoms with E-state index < -0.39 is 35.1 Å². The number of anilines is 1. The number of nitrogen functional groups attached to an aromatic ring is 1. The van der Waals surface area contributed by atoms with Gasteiger partial charge in [-0.25, -0.2) is 4.39 Å². The molecule has 90 valence electrons. The molecule has 0 fully saturated rings. The third-order valence-corrected chi connectivity index (χ3v) is 1.95. The van der Waals surface area contributed by atoms with Crippen molar-refractivity contribution in [1.29, 1.82) is 0 Å². The van der Waals surface area contributed by atoms with Gasteiger partial charge >= 0.3 is 6.18 Å². The zero-order valence-corrected chi connectivity index (χ0v) is 8.36. The fourth-order valence-electron chi connectivity index (χ4n) is 0.897. The summed E-state index contributed by atoms with van der Waals surface area (Å²) in [5, 5.41) is 8.62. The largest absolute Gasteiger partial charge is 0.502 e. The predicted octanol–water partition coefficient (Wildman–Crippen LogP) is 2.71. The highest BCUT2D eigenvalue weighted by Crippen LogP contribution is 2.41. The van der Waals surface area contributed by atoms with Crippen LogP contribution in [0.25, 0.3) is 0 Å². The molecule has 3 nitrogen and oxygen atoms in total. The van der Waals surface area contributed by atoms with Crippen LogP contribution in [0.15, 0.2) is 6.07 Å². The lowest BCUT2D eigenvalue weighted by molar-refractivity contribution is -0.153. The van der Waals surface area contributed by atoms with Gasteiger partial charge in [-0.1, -0.05) is 11.6 Å². The average molecular weight is 260 g/mol. The van der Waals surface area contributed by atoms with Gasteiger partial charge in [-0.15, -0.1) is 0 Å². The van der Waals surface area contributed by atoms with E-state index in [0.717, 1.165) is 0 Å². The van der Waals surface area contributed by atoms with Crippen LogP contribution in [0.2, 0.25) is 5.02 Å². The number of halogens is 5. The van der Waals surface area contributed by atoms with Gasteiger partial charge in [0.05, 0.1) is 5.69 Å². The van der Waals surface area contributed by atoms with Crippen LogP contribution in [-0.2, 0) is 0 Å². The van der Waals surface area contributed by atoms with E-state index in [-0.39, 0.29) is 5.69 Å². The second-order valence-corrected chi connectivity index (χ2v) is 3.22. The average Bonchev–Trinajstić information content (AvgIpc) is 2.13. The van der Waals surface area contributed by atoms with E-state index >= 15 is 0 Å². The fraction of sp³-hybridized carbons (Fsp3) is 0.250. The minimum Gasteiger partial charge on any atom is -0.502 e. The van der Waals surface area contributed by atoms with Crippen LogP contribution in [0, 0.1) is 5.82 Å². The van der Waals surface area contributed by atoms with Crippen molar-refractivity contribution in [2.24, 2.45) is 0 Å². The maximum atomic E-state index is 12.9. The Hall–Kier alpha value is -1.37. The second kappa shape index (κ2) is 4.25. The van der Waals surface area contributed by atoms with Gasteiger partial charge in [0.15, 0.2) is 23.9 Å². The second-order valence-electron chi connectivity index (χ2n) is 2.84. The van der Waals surface area contributed by atoms with Crippen molar-refractivity contribution in [3.8, 4) is 11.5 Å². The summed E-state index contributed by atoms with van der Waals surface area (Å²) in [7, 11) is 0. The van der Waals surface area contributed by atoms with Gasteiger partial charge in [0.1, 0.15) is 5.02 Å². The highest BCUT2D eigenvalue weighted by molar-refractivity contribution is 6.34. The number of nitrogens with two attached hydrogens (primary N) is 1. The molecule has 0 amide bonds. The summed E-state index contributed by atoms with van der Waals surface area (Å²) in [4.78, 5) is 0. The lowest BCUT2D eigenvalue weighted by atomic mass is 10.2. The SMILES string of the molecule is Nc1cc(F)c(O)c(OCC(F)(F)F)c1Cl. The standard InChI is InChI=1S/C8H6ClF4NO2/c9-5-4(14)1-3(10)6(15)7(5)16-2-8(11,12)13/h1,15H,2,14H2. The first-order valence-corrected chi connectivity index (χ1v) is 4.26. The van der Waals surface area contributed by atoms with Crippen LogP contribution in [0.1, 0.15) is 0 Å². The van der Waals surface area contributed by atoms with Crippen LogP contribution in [0.3, 0.4) is 0 Å². The molecule has 0 spiro atoms. The smallest absolute Gasteiger partial charge is 0.422 e. The number of aromatic hydroxyl groups is 1. The summed E-state index contributed by atoms with van der Waals surface area (Å²) in [5.41, 5.74) is 4.86. The summed E-state index contributed by atoms with van der Waals surface area (Å²) in [6.07, 6.45) is -4.63. The molecular formula is C8H6ClF4NO2. The third kappa shape index (κ3) is 2.82. The number of ether oxygens (including phenoxy) is 1. The van der Waals surface area contributed by atoms with Crippen molar-refractivity contribution >= 4 is 17.3 Å². The Balaban J connectivity index is 3.04. The maximum Gasteiger partial charge on any atom is 0.422 e. The van der Waals surface area contributed by atoms with E-state index in [4.69, 9.17) is 22.4 Å². The Kier molecular flexibility index (Phi) is 3.37. The van der Waals surface area contributed by atoms with Crippen molar-refractivity contribution in [2.75, 3.05) is 12.3 Å². The molecule has 3 N–H and O–H groups in total. The Bertz CT molecular complexity index is 382. The first-order chi connectivity index (χ1) is 7.22. The van der Waals surface area contributed by atoms with Gasteiger partial charge in [-0.05, 0) is 0 Å². The first kappa shape index (κ1) is 12.7. The lowest BCUT2D eigenvalue weighted by Gasteiger charge is -2.13. The molecule has 0 bridgehead atoms. The zero-order chi connectivity index (χ0) is 12.5. The van der Waals surface area contributed by atoms with Gasteiger partial charge in [0, 0.05) is 6.07 Å². The molecule has 0 heterocycles. The predicted molar refractivity (Wildman–Crippen MR) is 49.0 cm³/mol. The van der Waals surface area contributed by atoms with Gasteiger partial charge in [0.25, 0.3) is 0 Å². The molecule has 1 aromatic carbocycles. The molecule has 0 radical (unpaired) electrons. The van der Waals surface area contributed by atoms with E-state index in [1.54, 1.807) is 0 Å². The zero-order valence-electron chi connectivity index (χ0n) is 7.61. The summed E-state index contributed by atoms with van der Waals surface area (Å²) < 4.78 is 52.6.